The average molecular weight is 639 g/mol. The zero-order valence-electron chi connectivity index (χ0n) is 25.2. The highest BCUT2D eigenvalue weighted by Gasteiger charge is 2.17. The SMILES string of the molecule is COc1cc(/C=C/C(=O)CC(=O)/C=C/c2ccc(O)c(OC)c2)ccc1O.O=c1cc(-c2ccccc2)oc2cc(O)c(O)c(O)c12. The van der Waals surface area contributed by atoms with Crippen LogP contribution in [0.25, 0.3) is 34.4 Å². The van der Waals surface area contributed by atoms with E-state index in [1.807, 2.05) is 6.07 Å². The Labute approximate surface area is 268 Å². The third-order valence-electron chi connectivity index (χ3n) is 6.68. The van der Waals surface area contributed by atoms with Crippen LogP contribution in [0.5, 0.6) is 40.2 Å². The van der Waals surface area contributed by atoms with Gasteiger partial charge in [-0.3, -0.25) is 14.4 Å². The molecule has 0 amide bonds. The van der Waals surface area contributed by atoms with Gasteiger partial charge in [0.1, 0.15) is 16.7 Å². The van der Waals surface area contributed by atoms with Gasteiger partial charge < -0.3 is 39.4 Å². The predicted molar refractivity (Wildman–Crippen MR) is 175 cm³/mol. The molecule has 0 unspecified atom stereocenters. The molecular formula is C36H30O11. The van der Waals surface area contributed by atoms with Crippen LogP contribution in [0.15, 0.2) is 100 Å². The third-order valence-corrected chi connectivity index (χ3v) is 6.68. The van der Waals surface area contributed by atoms with Gasteiger partial charge >= 0.3 is 0 Å². The van der Waals surface area contributed by atoms with Gasteiger partial charge in [0.15, 0.2) is 51.5 Å². The Hall–Kier alpha value is -6.49. The standard InChI is InChI=1S/C21H20O6.C15H10O5/c1-26-20-11-14(5-9-18(20)24)3-7-16(22)13-17(23)8-4-15-6-10-19(25)21(12-15)27-2;16-9-6-11(8-4-2-1-3-5-8)20-12-7-10(17)14(18)15(19)13(9)12/h3-12,24-25H,13H2,1-2H3;1-7,17-19H/b7-3+,8-4+;. The quantitative estimate of drug-likeness (QED) is 0.0731. The summed E-state index contributed by atoms with van der Waals surface area (Å²) in [6, 6.07) is 20.6. The number of ketones is 2. The van der Waals surface area contributed by atoms with E-state index in [9.17, 15) is 39.9 Å². The van der Waals surface area contributed by atoms with Gasteiger partial charge in [0.2, 0.25) is 5.75 Å². The molecule has 5 rings (SSSR count). The van der Waals surface area contributed by atoms with Gasteiger partial charge in [0.05, 0.1) is 20.6 Å². The molecule has 0 bridgehead atoms. The number of ether oxygens (including phenoxy) is 2. The van der Waals surface area contributed by atoms with Crippen LogP contribution < -0.4 is 14.9 Å². The first kappa shape index (κ1) is 33.4. The highest BCUT2D eigenvalue weighted by Crippen LogP contribution is 2.40. The number of aromatic hydroxyl groups is 5. The maximum absolute atomic E-state index is 12.0. The van der Waals surface area contributed by atoms with Crippen molar-refractivity contribution in [2.45, 2.75) is 6.42 Å². The van der Waals surface area contributed by atoms with E-state index in [1.54, 1.807) is 60.7 Å². The summed E-state index contributed by atoms with van der Waals surface area (Å²) < 4.78 is 15.5. The summed E-state index contributed by atoms with van der Waals surface area (Å²) in [5, 5.41) is 47.5. The first-order chi connectivity index (χ1) is 22.5. The number of carbonyl (C=O) groups is 2. The molecule has 0 aliphatic rings. The topological polar surface area (TPSA) is 184 Å². The molecule has 0 saturated carbocycles. The van der Waals surface area contributed by atoms with E-state index in [0.29, 0.717) is 33.9 Å². The Bertz CT molecular complexity index is 1970. The molecule has 0 aliphatic carbocycles. The summed E-state index contributed by atoms with van der Waals surface area (Å²) in [7, 11) is 2.87. The number of phenols is 5. The fraction of sp³-hybridized carbons (Fsp3) is 0.0833. The number of methoxy groups -OCH3 is 2. The van der Waals surface area contributed by atoms with Crippen LogP contribution in [-0.4, -0.2) is 51.3 Å². The van der Waals surface area contributed by atoms with Crippen molar-refractivity contribution < 1.29 is 49.0 Å². The molecule has 11 heteroatoms. The van der Waals surface area contributed by atoms with Crippen molar-refractivity contribution in [3.8, 4) is 51.6 Å². The summed E-state index contributed by atoms with van der Waals surface area (Å²) in [6.07, 6.45) is 5.44. The first-order valence-corrected chi connectivity index (χ1v) is 13.9. The van der Waals surface area contributed by atoms with E-state index < -0.39 is 22.7 Å². The van der Waals surface area contributed by atoms with Crippen LogP contribution in [0.1, 0.15) is 17.5 Å². The van der Waals surface area contributed by atoms with Gasteiger partial charge in [0, 0.05) is 17.7 Å². The molecule has 47 heavy (non-hydrogen) atoms. The van der Waals surface area contributed by atoms with Crippen molar-refractivity contribution in [3.63, 3.8) is 0 Å². The summed E-state index contributed by atoms with van der Waals surface area (Å²) in [6.45, 7) is 0. The van der Waals surface area contributed by atoms with Crippen LogP contribution in [0.4, 0.5) is 0 Å². The lowest BCUT2D eigenvalue weighted by atomic mass is 10.1. The number of hydrogen-bond acceptors (Lipinski definition) is 11. The Balaban J connectivity index is 0.000000221. The smallest absolute Gasteiger partial charge is 0.201 e. The summed E-state index contributed by atoms with van der Waals surface area (Å²) in [4.78, 5) is 35.9. The number of carbonyl (C=O) groups excluding carboxylic acids is 2. The Morgan fingerprint density at radius 3 is 1.72 bits per heavy atom. The fourth-order valence-corrected chi connectivity index (χ4v) is 4.29. The van der Waals surface area contributed by atoms with Crippen molar-refractivity contribution >= 4 is 34.7 Å². The molecule has 1 aromatic heterocycles. The minimum Gasteiger partial charge on any atom is -0.504 e. The van der Waals surface area contributed by atoms with Crippen LogP contribution in [0.3, 0.4) is 0 Å². The van der Waals surface area contributed by atoms with Gasteiger partial charge in [-0.2, -0.15) is 0 Å². The Kier molecular flexibility index (Phi) is 10.7. The lowest BCUT2D eigenvalue weighted by molar-refractivity contribution is -0.121. The van der Waals surface area contributed by atoms with Crippen LogP contribution >= 0.6 is 0 Å². The average Bonchev–Trinajstić information content (AvgIpc) is 3.07. The van der Waals surface area contributed by atoms with E-state index in [0.717, 1.165) is 6.07 Å². The Morgan fingerprint density at radius 1 is 0.681 bits per heavy atom. The zero-order chi connectivity index (χ0) is 34.1. The van der Waals surface area contributed by atoms with Crippen molar-refractivity contribution in [3.05, 3.63) is 112 Å². The predicted octanol–water partition coefficient (Wildman–Crippen LogP) is 5.95. The lowest BCUT2D eigenvalue weighted by Gasteiger charge is -2.06. The highest BCUT2D eigenvalue weighted by atomic mass is 16.5. The maximum Gasteiger partial charge on any atom is 0.201 e. The van der Waals surface area contributed by atoms with Crippen LogP contribution in [-0.2, 0) is 9.59 Å². The van der Waals surface area contributed by atoms with Crippen LogP contribution in [0.2, 0.25) is 0 Å². The van der Waals surface area contributed by atoms with E-state index in [1.165, 1.54) is 44.6 Å². The van der Waals surface area contributed by atoms with E-state index in [2.05, 4.69) is 0 Å². The molecule has 240 valence electrons. The number of hydrogen-bond donors (Lipinski definition) is 5. The van der Waals surface area contributed by atoms with Crippen molar-refractivity contribution in [1.82, 2.24) is 0 Å². The molecule has 5 N–H and O–H groups in total. The summed E-state index contributed by atoms with van der Waals surface area (Å²) in [5.74, 6) is -1.75. The van der Waals surface area contributed by atoms with E-state index >= 15 is 0 Å². The Morgan fingerprint density at radius 2 is 1.21 bits per heavy atom. The first-order valence-electron chi connectivity index (χ1n) is 13.9. The zero-order valence-corrected chi connectivity index (χ0v) is 25.2. The van der Waals surface area contributed by atoms with E-state index in [-0.39, 0.29) is 40.5 Å². The second-order valence-corrected chi connectivity index (χ2v) is 9.95. The number of phenolic OH excluding ortho intramolecular Hbond substituents is 5. The number of benzene rings is 4. The number of allylic oxidation sites excluding steroid dienone is 2. The van der Waals surface area contributed by atoms with E-state index in [4.69, 9.17) is 13.9 Å². The van der Waals surface area contributed by atoms with Gasteiger partial charge in [-0.1, -0.05) is 54.6 Å². The molecule has 5 aromatic rings. The third kappa shape index (κ3) is 8.37. The van der Waals surface area contributed by atoms with Crippen molar-refractivity contribution in [2.75, 3.05) is 14.2 Å². The molecule has 0 aliphatic heterocycles. The minimum atomic E-state index is -0.739. The molecule has 4 aromatic carbocycles. The molecule has 0 fully saturated rings. The largest absolute Gasteiger partial charge is 0.504 e. The second-order valence-electron chi connectivity index (χ2n) is 9.95. The van der Waals surface area contributed by atoms with Crippen molar-refractivity contribution in [1.29, 1.82) is 0 Å². The maximum atomic E-state index is 12.0. The van der Waals surface area contributed by atoms with Crippen molar-refractivity contribution in [2.24, 2.45) is 0 Å². The molecule has 0 atom stereocenters. The van der Waals surface area contributed by atoms with Gasteiger partial charge in [0.25, 0.3) is 0 Å². The normalized spacial score (nSPS) is 10.9. The lowest BCUT2D eigenvalue weighted by Crippen LogP contribution is -2.01. The molecule has 1 heterocycles. The number of fused-ring (bicyclic) bond motifs is 1. The molecule has 0 radical (unpaired) electrons. The van der Waals surface area contributed by atoms with Gasteiger partial charge in [-0.25, -0.2) is 0 Å². The number of rotatable bonds is 9. The monoisotopic (exact) mass is 638 g/mol. The van der Waals surface area contributed by atoms with Crippen LogP contribution in [0, 0.1) is 0 Å². The van der Waals surface area contributed by atoms with Gasteiger partial charge in [-0.15, -0.1) is 0 Å². The molecular weight excluding hydrogens is 608 g/mol. The second kappa shape index (κ2) is 15.0. The fourth-order valence-electron chi connectivity index (χ4n) is 4.29. The highest BCUT2D eigenvalue weighted by molar-refractivity contribution is 6.10. The van der Waals surface area contributed by atoms with Gasteiger partial charge in [-0.05, 0) is 47.5 Å². The molecule has 11 nitrogen and oxygen atoms in total. The summed E-state index contributed by atoms with van der Waals surface area (Å²) in [5.41, 5.74) is 1.52. The minimum absolute atomic E-state index is 0.00385. The molecule has 0 spiro atoms. The summed E-state index contributed by atoms with van der Waals surface area (Å²) >= 11 is 0. The molecule has 0 saturated heterocycles.